The Morgan fingerprint density at radius 2 is 2.20 bits per heavy atom. The third-order valence-electron chi connectivity index (χ3n) is 3.20. The largest absolute Gasteiger partial charge is 0.465 e. The molecule has 4 heteroatoms. The molecule has 1 aromatic carbocycles. The quantitative estimate of drug-likeness (QED) is 0.829. The minimum absolute atomic E-state index is 0.209. The second-order valence-corrected chi connectivity index (χ2v) is 5.64. The lowest BCUT2D eigenvalue weighted by atomic mass is 10.1. The van der Waals surface area contributed by atoms with Gasteiger partial charge in [0.15, 0.2) is 0 Å². The van der Waals surface area contributed by atoms with Gasteiger partial charge in [-0.3, -0.25) is 0 Å². The molecule has 1 N–H and O–H groups in total. The maximum absolute atomic E-state index is 11.9. The van der Waals surface area contributed by atoms with Crippen molar-refractivity contribution >= 4 is 23.0 Å². The summed E-state index contributed by atoms with van der Waals surface area (Å²) in [7, 11) is 1.41. The van der Waals surface area contributed by atoms with Gasteiger partial charge in [0.05, 0.1) is 18.7 Å². The first-order valence-corrected chi connectivity index (χ1v) is 7.52. The summed E-state index contributed by atoms with van der Waals surface area (Å²) in [5.74, 6) is -0.308. The molecule has 1 unspecified atom stereocenters. The standard InChI is InChI=1S/C16H19NO2S/c1-4-13(15-6-5-9-20-15)17-14-8-7-11(2)10-12(14)16(18)19-3/h5-10,13,17H,4H2,1-3H3. The number of hydrogen-bond donors (Lipinski definition) is 1. The Kier molecular flexibility index (Phi) is 4.79. The summed E-state index contributed by atoms with van der Waals surface area (Å²) >= 11 is 1.72. The fourth-order valence-corrected chi connectivity index (χ4v) is 2.98. The van der Waals surface area contributed by atoms with E-state index in [-0.39, 0.29) is 12.0 Å². The first kappa shape index (κ1) is 14.6. The monoisotopic (exact) mass is 289 g/mol. The number of hydrogen-bond acceptors (Lipinski definition) is 4. The molecule has 20 heavy (non-hydrogen) atoms. The van der Waals surface area contributed by atoms with Crippen LogP contribution >= 0.6 is 11.3 Å². The highest BCUT2D eigenvalue weighted by Gasteiger charge is 2.16. The lowest BCUT2D eigenvalue weighted by Crippen LogP contribution is -2.13. The number of anilines is 1. The average Bonchev–Trinajstić information content (AvgIpc) is 2.99. The van der Waals surface area contributed by atoms with Crippen LogP contribution in [0.25, 0.3) is 0 Å². The van der Waals surface area contributed by atoms with Crippen LogP contribution in [0.4, 0.5) is 5.69 Å². The van der Waals surface area contributed by atoms with Crippen molar-refractivity contribution in [1.82, 2.24) is 0 Å². The summed E-state index contributed by atoms with van der Waals surface area (Å²) in [6.07, 6.45) is 0.953. The molecular formula is C16H19NO2S. The summed E-state index contributed by atoms with van der Waals surface area (Å²) in [6.45, 7) is 4.09. The number of aryl methyl sites for hydroxylation is 1. The molecule has 1 heterocycles. The summed E-state index contributed by atoms with van der Waals surface area (Å²) in [4.78, 5) is 13.2. The van der Waals surface area contributed by atoms with Gasteiger partial charge in [-0.15, -0.1) is 11.3 Å². The molecule has 106 valence electrons. The van der Waals surface area contributed by atoms with Gasteiger partial charge in [0.1, 0.15) is 0 Å². The van der Waals surface area contributed by atoms with Crippen LogP contribution in [-0.4, -0.2) is 13.1 Å². The lowest BCUT2D eigenvalue weighted by molar-refractivity contribution is 0.0601. The van der Waals surface area contributed by atoms with Gasteiger partial charge in [0.25, 0.3) is 0 Å². The van der Waals surface area contributed by atoms with Crippen LogP contribution in [0.5, 0.6) is 0 Å². The summed E-state index contributed by atoms with van der Waals surface area (Å²) in [5.41, 5.74) is 2.45. The number of esters is 1. The van der Waals surface area contributed by atoms with Crippen LogP contribution in [0.2, 0.25) is 0 Å². The van der Waals surface area contributed by atoms with Crippen molar-refractivity contribution in [3.05, 3.63) is 51.7 Å². The van der Waals surface area contributed by atoms with Gasteiger partial charge in [0, 0.05) is 10.6 Å². The number of methoxy groups -OCH3 is 1. The van der Waals surface area contributed by atoms with Crippen molar-refractivity contribution in [2.75, 3.05) is 12.4 Å². The molecule has 3 nitrogen and oxygen atoms in total. The number of carbonyl (C=O) groups excluding carboxylic acids is 1. The predicted molar refractivity (Wildman–Crippen MR) is 83.5 cm³/mol. The van der Waals surface area contributed by atoms with Gasteiger partial charge in [0.2, 0.25) is 0 Å². The van der Waals surface area contributed by atoms with E-state index in [9.17, 15) is 4.79 Å². The van der Waals surface area contributed by atoms with E-state index < -0.39 is 0 Å². The molecule has 0 aliphatic carbocycles. The molecule has 0 saturated heterocycles. The molecular weight excluding hydrogens is 270 g/mol. The molecule has 0 bridgehead atoms. The molecule has 0 aliphatic rings. The molecule has 0 amide bonds. The Morgan fingerprint density at radius 1 is 1.40 bits per heavy atom. The van der Waals surface area contributed by atoms with Crippen molar-refractivity contribution in [2.24, 2.45) is 0 Å². The zero-order valence-corrected chi connectivity index (χ0v) is 12.8. The lowest BCUT2D eigenvalue weighted by Gasteiger charge is -2.19. The van der Waals surface area contributed by atoms with Gasteiger partial charge < -0.3 is 10.1 Å². The van der Waals surface area contributed by atoms with Gasteiger partial charge >= 0.3 is 5.97 Å². The Hall–Kier alpha value is -1.81. The molecule has 0 radical (unpaired) electrons. The van der Waals surface area contributed by atoms with Crippen molar-refractivity contribution in [3.8, 4) is 0 Å². The van der Waals surface area contributed by atoms with Crippen LogP contribution < -0.4 is 5.32 Å². The highest BCUT2D eigenvalue weighted by atomic mass is 32.1. The summed E-state index contributed by atoms with van der Waals surface area (Å²) < 4.78 is 4.86. The van der Waals surface area contributed by atoms with Gasteiger partial charge in [-0.05, 0) is 36.9 Å². The highest BCUT2D eigenvalue weighted by molar-refractivity contribution is 7.10. The number of carbonyl (C=O) groups is 1. The first-order chi connectivity index (χ1) is 9.65. The number of nitrogens with one attached hydrogen (secondary N) is 1. The Morgan fingerprint density at radius 3 is 2.80 bits per heavy atom. The van der Waals surface area contributed by atoms with E-state index in [2.05, 4.69) is 23.7 Å². The molecule has 0 aliphatic heterocycles. The Labute approximate surface area is 123 Å². The van der Waals surface area contributed by atoms with Crippen LogP contribution in [0, 0.1) is 6.92 Å². The normalized spacial score (nSPS) is 11.9. The Bertz CT molecular complexity index is 578. The van der Waals surface area contributed by atoms with Crippen molar-refractivity contribution < 1.29 is 9.53 Å². The van der Waals surface area contributed by atoms with Gasteiger partial charge in [-0.2, -0.15) is 0 Å². The topological polar surface area (TPSA) is 38.3 Å². The van der Waals surface area contributed by atoms with Crippen molar-refractivity contribution in [2.45, 2.75) is 26.3 Å². The SMILES string of the molecule is CCC(Nc1ccc(C)cc1C(=O)OC)c1cccs1. The summed E-state index contributed by atoms with van der Waals surface area (Å²) in [5, 5.41) is 5.52. The van der Waals surface area contributed by atoms with Crippen molar-refractivity contribution in [3.63, 3.8) is 0 Å². The minimum atomic E-state index is -0.308. The third kappa shape index (κ3) is 3.20. The number of thiophene rings is 1. The van der Waals surface area contributed by atoms with Crippen LogP contribution in [0.15, 0.2) is 35.7 Å². The van der Waals surface area contributed by atoms with Crippen LogP contribution in [0.3, 0.4) is 0 Å². The Balaban J connectivity index is 2.30. The molecule has 2 rings (SSSR count). The zero-order valence-electron chi connectivity index (χ0n) is 12.0. The summed E-state index contributed by atoms with van der Waals surface area (Å²) in [6, 6.07) is 10.2. The van der Waals surface area contributed by atoms with E-state index in [0.717, 1.165) is 17.7 Å². The van der Waals surface area contributed by atoms with E-state index >= 15 is 0 Å². The number of benzene rings is 1. The second-order valence-electron chi connectivity index (χ2n) is 4.66. The zero-order chi connectivity index (χ0) is 14.5. The van der Waals surface area contributed by atoms with E-state index in [4.69, 9.17) is 4.74 Å². The smallest absolute Gasteiger partial charge is 0.339 e. The molecule has 0 spiro atoms. The van der Waals surface area contributed by atoms with Crippen LogP contribution in [-0.2, 0) is 4.74 Å². The highest BCUT2D eigenvalue weighted by Crippen LogP contribution is 2.28. The molecule has 0 fully saturated rings. The van der Waals surface area contributed by atoms with E-state index in [0.29, 0.717) is 5.56 Å². The van der Waals surface area contributed by atoms with Crippen molar-refractivity contribution in [1.29, 1.82) is 0 Å². The maximum Gasteiger partial charge on any atom is 0.339 e. The maximum atomic E-state index is 11.9. The minimum Gasteiger partial charge on any atom is -0.465 e. The number of rotatable bonds is 5. The fourth-order valence-electron chi connectivity index (χ4n) is 2.11. The van der Waals surface area contributed by atoms with E-state index in [1.807, 2.05) is 31.2 Å². The van der Waals surface area contributed by atoms with E-state index in [1.54, 1.807) is 11.3 Å². The molecule has 1 atom stereocenters. The molecule has 0 saturated carbocycles. The van der Waals surface area contributed by atoms with Gasteiger partial charge in [-0.25, -0.2) is 4.79 Å². The average molecular weight is 289 g/mol. The predicted octanol–water partition coefficient (Wildman–Crippen LogP) is 4.41. The second kappa shape index (κ2) is 6.57. The van der Waals surface area contributed by atoms with Crippen LogP contribution in [0.1, 0.15) is 40.2 Å². The molecule has 1 aromatic heterocycles. The third-order valence-corrected chi connectivity index (χ3v) is 4.19. The van der Waals surface area contributed by atoms with E-state index in [1.165, 1.54) is 12.0 Å². The van der Waals surface area contributed by atoms with Gasteiger partial charge in [-0.1, -0.05) is 24.6 Å². The number of ether oxygens (including phenoxy) is 1. The fraction of sp³-hybridized carbons (Fsp3) is 0.312. The molecule has 2 aromatic rings. The first-order valence-electron chi connectivity index (χ1n) is 6.64.